The molecule has 0 saturated carbocycles. The maximum absolute atomic E-state index is 12.0. The third kappa shape index (κ3) is 6.44. The van der Waals surface area contributed by atoms with Gasteiger partial charge < -0.3 is 0 Å². The zero-order valence-corrected chi connectivity index (χ0v) is 14.8. The Labute approximate surface area is 133 Å². The van der Waals surface area contributed by atoms with E-state index >= 15 is 0 Å². The molecule has 0 aromatic carbocycles. The number of ketones is 1. The lowest BCUT2D eigenvalue weighted by Crippen LogP contribution is -2.42. The summed E-state index contributed by atoms with van der Waals surface area (Å²) in [5.74, 6) is -0.529. The summed E-state index contributed by atoms with van der Waals surface area (Å²) in [5, 5.41) is 0. The lowest BCUT2D eigenvalue weighted by atomic mass is 9.98. The lowest BCUT2D eigenvalue weighted by molar-refractivity contribution is -0.123. The van der Waals surface area contributed by atoms with Crippen molar-refractivity contribution < 1.29 is 18.0 Å². The highest BCUT2D eigenvalue weighted by atomic mass is 32.2. The average molecular weight is 332 g/mol. The van der Waals surface area contributed by atoms with Gasteiger partial charge in [-0.05, 0) is 31.8 Å². The topological polar surface area (TPSA) is 83.6 Å². The predicted octanol–water partition coefficient (Wildman–Crippen LogP) is 1.03. The maximum Gasteiger partial charge on any atom is 0.235 e. The molecule has 0 aliphatic carbocycles. The fraction of sp³-hybridized carbons (Fsp3) is 0.867. The molecule has 6 nitrogen and oxygen atoms in total. The van der Waals surface area contributed by atoms with Crippen molar-refractivity contribution in [2.24, 2.45) is 17.8 Å². The van der Waals surface area contributed by atoms with Crippen LogP contribution in [-0.4, -0.2) is 50.4 Å². The van der Waals surface area contributed by atoms with Crippen LogP contribution < -0.4 is 4.72 Å². The number of Topliss-reactive ketones (excluding diaryl/α,β-unsaturated/α-hetero) is 1. The van der Waals surface area contributed by atoms with Crippen molar-refractivity contribution in [2.75, 3.05) is 25.4 Å². The molecular formula is C15H28N2O4S. The molecule has 0 aromatic rings. The number of rotatable bonds is 7. The van der Waals surface area contributed by atoms with E-state index in [0.29, 0.717) is 6.54 Å². The van der Waals surface area contributed by atoms with Gasteiger partial charge in [0.15, 0.2) is 0 Å². The Balaban J connectivity index is 2.42. The van der Waals surface area contributed by atoms with Crippen molar-refractivity contribution in [2.45, 2.75) is 40.5 Å². The highest BCUT2D eigenvalue weighted by Crippen LogP contribution is 2.19. The quantitative estimate of drug-likeness (QED) is 0.753. The van der Waals surface area contributed by atoms with Crippen LogP contribution in [0, 0.1) is 17.8 Å². The number of likely N-dealkylation sites (tertiary alicyclic amines) is 1. The number of carbonyl (C=O) groups excluding carboxylic acids is 2. The number of amides is 1. The summed E-state index contributed by atoms with van der Waals surface area (Å²) < 4.78 is 26.1. The zero-order valence-electron chi connectivity index (χ0n) is 14.0. The van der Waals surface area contributed by atoms with Crippen LogP contribution in [-0.2, 0) is 19.6 Å². The molecule has 0 aromatic heterocycles. The van der Waals surface area contributed by atoms with Crippen LogP contribution >= 0.6 is 0 Å². The predicted molar refractivity (Wildman–Crippen MR) is 85.8 cm³/mol. The van der Waals surface area contributed by atoms with Crippen LogP contribution in [0.1, 0.15) is 40.5 Å². The number of nitrogens with one attached hydrogen (secondary N) is 1. The molecule has 1 amide bonds. The van der Waals surface area contributed by atoms with Gasteiger partial charge in [0.05, 0.1) is 12.3 Å². The van der Waals surface area contributed by atoms with Gasteiger partial charge in [0.25, 0.3) is 0 Å². The summed E-state index contributed by atoms with van der Waals surface area (Å²) in [4.78, 5) is 25.3. The molecule has 0 atom stereocenters. The number of hydrogen-bond acceptors (Lipinski definition) is 5. The molecule has 1 fully saturated rings. The Morgan fingerprint density at radius 1 is 1.09 bits per heavy atom. The molecule has 1 heterocycles. The molecule has 128 valence electrons. The number of hydrogen-bond donors (Lipinski definition) is 1. The van der Waals surface area contributed by atoms with E-state index < -0.39 is 15.9 Å². The lowest BCUT2D eigenvalue weighted by Gasteiger charge is -2.31. The first-order chi connectivity index (χ1) is 10.1. The van der Waals surface area contributed by atoms with Gasteiger partial charge >= 0.3 is 0 Å². The van der Waals surface area contributed by atoms with Crippen LogP contribution in [0.15, 0.2) is 0 Å². The van der Waals surface area contributed by atoms with E-state index in [1.165, 1.54) is 0 Å². The van der Waals surface area contributed by atoms with Gasteiger partial charge in [-0.1, -0.05) is 27.7 Å². The molecule has 7 heteroatoms. The molecule has 0 unspecified atom stereocenters. The van der Waals surface area contributed by atoms with E-state index in [9.17, 15) is 18.0 Å². The Morgan fingerprint density at radius 3 is 2.09 bits per heavy atom. The van der Waals surface area contributed by atoms with Gasteiger partial charge in [-0.25, -0.2) is 8.42 Å². The Bertz CT molecular complexity index is 492. The normalized spacial score (nSPS) is 17.9. The van der Waals surface area contributed by atoms with E-state index in [-0.39, 0.29) is 29.3 Å². The minimum atomic E-state index is -3.56. The third-order valence-corrected chi connectivity index (χ3v) is 5.39. The molecule has 0 spiro atoms. The van der Waals surface area contributed by atoms with E-state index in [1.54, 1.807) is 13.8 Å². The Hall–Kier alpha value is -0.950. The molecule has 0 radical (unpaired) electrons. The monoisotopic (exact) mass is 332 g/mol. The van der Waals surface area contributed by atoms with Gasteiger partial charge in [0, 0.05) is 11.8 Å². The number of nitrogens with zero attached hydrogens (tertiary/aromatic N) is 1. The van der Waals surface area contributed by atoms with Crippen molar-refractivity contribution in [1.29, 1.82) is 0 Å². The first-order valence-electron chi connectivity index (χ1n) is 7.90. The molecule has 0 bridgehead atoms. The molecule has 22 heavy (non-hydrogen) atoms. The summed E-state index contributed by atoms with van der Waals surface area (Å²) >= 11 is 0. The minimum Gasteiger partial charge on any atom is -0.298 e. The third-order valence-electron chi connectivity index (χ3n) is 3.97. The smallest absolute Gasteiger partial charge is 0.235 e. The minimum absolute atomic E-state index is 0.0164. The van der Waals surface area contributed by atoms with Gasteiger partial charge in [-0.3, -0.25) is 19.2 Å². The largest absolute Gasteiger partial charge is 0.298 e. The van der Waals surface area contributed by atoms with E-state index in [0.717, 1.165) is 25.9 Å². The number of carbonyl (C=O) groups is 2. The van der Waals surface area contributed by atoms with Crippen molar-refractivity contribution in [3.05, 3.63) is 0 Å². The molecular weight excluding hydrogens is 304 g/mol. The Morgan fingerprint density at radius 2 is 1.64 bits per heavy atom. The first kappa shape index (κ1) is 19.1. The summed E-state index contributed by atoms with van der Waals surface area (Å²) in [6.07, 6.45) is 1.48. The Kier molecular flexibility index (Phi) is 6.99. The molecule has 1 N–H and O–H groups in total. The van der Waals surface area contributed by atoms with Gasteiger partial charge in [0.1, 0.15) is 5.78 Å². The fourth-order valence-electron chi connectivity index (χ4n) is 2.34. The summed E-state index contributed by atoms with van der Waals surface area (Å²) in [7, 11) is -3.56. The number of piperidine rings is 1. The second-order valence-corrected chi connectivity index (χ2v) is 8.51. The van der Waals surface area contributed by atoms with E-state index in [1.807, 2.05) is 13.8 Å². The number of sulfonamides is 1. The maximum atomic E-state index is 12.0. The molecule has 1 rings (SSSR count). The van der Waals surface area contributed by atoms with Gasteiger partial charge in [0.2, 0.25) is 15.9 Å². The molecule has 1 saturated heterocycles. The zero-order chi connectivity index (χ0) is 16.9. The van der Waals surface area contributed by atoms with Crippen LogP contribution in [0.2, 0.25) is 0 Å². The second kappa shape index (κ2) is 8.06. The highest BCUT2D eigenvalue weighted by Gasteiger charge is 2.27. The van der Waals surface area contributed by atoms with Crippen LogP contribution in [0.3, 0.4) is 0 Å². The van der Waals surface area contributed by atoms with E-state index in [4.69, 9.17) is 0 Å². The van der Waals surface area contributed by atoms with Crippen LogP contribution in [0.4, 0.5) is 0 Å². The van der Waals surface area contributed by atoms with Crippen molar-refractivity contribution in [3.63, 3.8) is 0 Å². The standard InChI is InChI=1S/C15H28N2O4S/c1-11(2)14(18)9-17-7-5-13(6-8-17)10-22(20,21)16-15(19)12(3)4/h11-13H,5-10H2,1-4H3,(H,16,19). The van der Waals surface area contributed by atoms with Crippen molar-refractivity contribution in [3.8, 4) is 0 Å². The molecule has 1 aliphatic heterocycles. The SMILES string of the molecule is CC(C)C(=O)CN1CCC(CS(=O)(=O)NC(=O)C(C)C)CC1. The van der Waals surface area contributed by atoms with Gasteiger partial charge in [-0.15, -0.1) is 0 Å². The highest BCUT2D eigenvalue weighted by molar-refractivity contribution is 7.90. The van der Waals surface area contributed by atoms with Crippen molar-refractivity contribution in [1.82, 2.24) is 9.62 Å². The first-order valence-corrected chi connectivity index (χ1v) is 9.55. The van der Waals surface area contributed by atoms with Crippen LogP contribution in [0.5, 0.6) is 0 Å². The summed E-state index contributed by atoms with van der Waals surface area (Å²) in [5.41, 5.74) is 0. The van der Waals surface area contributed by atoms with Crippen molar-refractivity contribution >= 4 is 21.7 Å². The second-order valence-electron chi connectivity index (χ2n) is 6.74. The van der Waals surface area contributed by atoms with E-state index in [2.05, 4.69) is 9.62 Å². The summed E-state index contributed by atoms with van der Waals surface area (Å²) in [6, 6.07) is 0. The average Bonchev–Trinajstić information content (AvgIpc) is 2.39. The van der Waals surface area contributed by atoms with Gasteiger partial charge in [-0.2, -0.15) is 0 Å². The molecule has 1 aliphatic rings. The fourth-order valence-corrected chi connectivity index (χ4v) is 3.92. The van der Waals surface area contributed by atoms with Crippen LogP contribution in [0.25, 0.3) is 0 Å². The summed E-state index contributed by atoms with van der Waals surface area (Å²) in [6.45, 7) is 9.01.